The quantitative estimate of drug-likeness (QED) is 0.731. The number of aryl methyl sites for hydroxylation is 1. The first-order valence-electron chi connectivity index (χ1n) is 7.84. The Kier molecular flexibility index (Phi) is 5.04. The average Bonchev–Trinajstić information content (AvgIpc) is 2.64. The first kappa shape index (κ1) is 17.9. The second kappa shape index (κ2) is 7.58. The Labute approximate surface area is 153 Å². The van der Waals surface area contributed by atoms with Crippen LogP contribution in [0.5, 0.6) is 0 Å². The maximum atomic E-state index is 13.8. The largest absolute Gasteiger partial charge is 0.335 e. The summed E-state index contributed by atoms with van der Waals surface area (Å²) in [4.78, 5) is 20.5. The van der Waals surface area contributed by atoms with Gasteiger partial charge in [0.15, 0.2) is 0 Å². The molecule has 1 heterocycles. The third-order valence-electron chi connectivity index (χ3n) is 3.54. The van der Waals surface area contributed by atoms with E-state index in [1.807, 2.05) is 6.07 Å². The summed E-state index contributed by atoms with van der Waals surface area (Å²) in [6.07, 6.45) is 0. The Morgan fingerprint density at radius 1 is 1.07 bits per heavy atom. The van der Waals surface area contributed by atoms with Crippen LogP contribution in [0.4, 0.5) is 26.0 Å². The molecule has 0 atom stereocenters. The molecule has 134 valence electrons. The third-order valence-corrected chi connectivity index (χ3v) is 3.54. The number of rotatable bonds is 4. The topological polar surface area (TPSA) is 90.7 Å². The monoisotopic (exact) mass is 365 g/mol. The number of amides is 1. The SMILES string of the molecule is Cc1nc(Nc2c(F)cccc2F)cc(C(=O)Nc2cccc(C#N)c2)n1. The van der Waals surface area contributed by atoms with Gasteiger partial charge >= 0.3 is 0 Å². The van der Waals surface area contributed by atoms with E-state index in [0.29, 0.717) is 11.3 Å². The summed E-state index contributed by atoms with van der Waals surface area (Å²) in [5.41, 5.74) is 0.446. The summed E-state index contributed by atoms with van der Waals surface area (Å²) >= 11 is 0. The molecule has 1 amide bonds. The van der Waals surface area contributed by atoms with Crippen molar-refractivity contribution in [3.8, 4) is 6.07 Å². The summed E-state index contributed by atoms with van der Waals surface area (Å²) in [5.74, 6) is -1.81. The van der Waals surface area contributed by atoms with Gasteiger partial charge < -0.3 is 10.6 Å². The number of nitrogens with one attached hydrogen (secondary N) is 2. The Hall–Kier alpha value is -3.86. The van der Waals surface area contributed by atoms with E-state index in [1.165, 1.54) is 18.2 Å². The molecule has 0 unspecified atom stereocenters. The summed E-state index contributed by atoms with van der Waals surface area (Å²) in [5, 5.41) is 14.1. The molecule has 0 aliphatic heterocycles. The van der Waals surface area contributed by atoms with Crippen LogP contribution in [0.25, 0.3) is 0 Å². The van der Waals surface area contributed by atoms with Gasteiger partial charge in [0.2, 0.25) is 0 Å². The fourth-order valence-corrected chi connectivity index (χ4v) is 2.35. The standard InChI is InChI=1S/C19H13F2N5O/c1-11-23-16(19(27)25-13-5-2-4-12(8-13)10-22)9-17(24-11)26-18-14(20)6-3-7-15(18)21/h2-9H,1H3,(H,25,27)(H,23,24,26). The summed E-state index contributed by atoms with van der Waals surface area (Å²) in [6, 6.07) is 13.1. The summed E-state index contributed by atoms with van der Waals surface area (Å²) in [7, 11) is 0. The second-order valence-corrected chi connectivity index (χ2v) is 5.55. The molecule has 0 aliphatic rings. The highest BCUT2D eigenvalue weighted by Gasteiger charge is 2.14. The van der Waals surface area contributed by atoms with Gasteiger partial charge in [-0.3, -0.25) is 4.79 Å². The molecule has 2 aromatic carbocycles. The zero-order valence-corrected chi connectivity index (χ0v) is 14.1. The number of benzene rings is 2. The second-order valence-electron chi connectivity index (χ2n) is 5.55. The van der Waals surface area contributed by atoms with Crippen LogP contribution in [-0.4, -0.2) is 15.9 Å². The van der Waals surface area contributed by atoms with E-state index in [0.717, 1.165) is 12.1 Å². The van der Waals surface area contributed by atoms with Crippen LogP contribution in [0, 0.1) is 29.9 Å². The highest BCUT2D eigenvalue weighted by Crippen LogP contribution is 2.22. The Bertz CT molecular complexity index is 1040. The van der Waals surface area contributed by atoms with E-state index in [1.54, 1.807) is 25.1 Å². The number of halogens is 2. The lowest BCUT2D eigenvalue weighted by Gasteiger charge is -2.10. The number of nitrogens with zero attached hydrogens (tertiary/aromatic N) is 3. The fourth-order valence-electron chi connectivity index (χ4n) is 2.35. The van der Waals surface area contributed by atoms with Crippen LogP contribution >= 0.6 is 0 Å². The van der Waals surface area contributed by atoms with Gasteiger partial charge in [-0.05, 0) is 37.3 Å². The Morgan fingerprint density at radius 3 is 2.48 bits per heavy atom. The predicted molar refractivity (Wildman–Crippen MR) is 95.5 cm³/mol. The molecular formula is C19H13F2N5O. The van der Waals surface area contributed by atoms with Crippen molar-refractivity contribution in [2.75, 3.05) is 10.6 Å². The highest BCUT2D eigenvalue weighted by molar-refractivity contribution is 6.03. The van der Waals surface area contributed by atoms with E-state index in [9.17, 15) is 13.6 Å². The van der Waals surface area contributed by atoms with Gasteiger partial charge in [-0.15, -0.1) is 0 Å². The normalized spacial score (nSPS) is 10.1. The van der Waals surface area contributed by atoms with Crippen molar-refractivity contribution < 1.29 is 13.6 Å². The molecule has 0 saturated carbocycles. The predicted octanol–water partition coefficient (Wildman–Crippen LogP) is 3.93. The molecule has 0 radical (unpaired) electrons. The third kappa shape index (κ3) is 4.22. The number of anilines is 3. The molecule has 0 aliphatic carbocycles. The molecule has 3 aromatic rings. The number of hydrogen-bond acceptors (Lipinski definition) is 5. The number of para-hydroxylation sites is 1. The molecule has 0 spiro atoms. The van der Waals surface area contributed by atoms with E-state index >= 15 is 0 Å². The number of hydrogen-bond donors (Lipinski definition) is 2. The van der Waals surface area contributed by atoms with Crippen molar-refractivity contribution >= 4 is 23.1 Å². The van der Waals surface area contributed by atoms with Gasteiger partial charge in [-0.2, -0.15) is 5.26 Å². The van der Waals surface area contributed by atoms with Gasteiger partial charge in [-0.25, -0.2) is 18.7 Å². The minimum atomic E-state index is -0.786. The van der Waals surface area contributed by atoms with Crippen LogP contribution in [0.15, 0.2) is 48.5 Å². The number of carbonyl (C=O) groups is 1. The molecule has 0 fully saturated rings. The molecular weight excluding hydrogens is 352 g/mol. The van der Waals surface area contributed by atoms with E-state index < -0.39 is 17.5 Å². The lowest BCUT2D eigenvalue weighted by molar-refractivity contribution is 0.102. The van der Waals surface area contributed by atoms with Crippen molar-refractivity contribution in [2.24, 2.45) is 0 Å². The van der Waals surface area contributed by atoms with E-state index in [-0.39, 0.29) is 23.0 Å². The van der Waals surface area contributed by atoms with E-state index in [4.69, 9.17) is 5.26 Å². The van der Waals surface area contributed by atoms with Crippen molar-refractivity contribution in [1.82, 2.24) is 9.97 Å². The van der Waals surface area contributed by atoms with Gasteiger partial charge in [-0.1, -0.05) is 12.1 Å². The van der Waals surface area contributed by atoms with Crippen molar-refractivity contribution in [3.63, 3.8) is 0 Å². The van der Waals surface area contributed by atoms with Crippen LogP contribution < -0.4 is 10.6 Å². The molecule has 3 rings (SSSR count). The molecule has 0 saturated heterocycles. The minimum absolute atomic E-state index is 0.00380. The molecule has 2 N–H and O–H groups in total. The van der Waals surface area contributed by atoms with Crippen LogP contribution in [0.1, 0.15) is 21.9 Å². The van der Waals surface area contributed by atoms with Crippen molar-refractivity contribution in [2.45, 2.75) is 6.92 Å². The maximum Gasteiger partial charge on any atom is 0.274 e. The molecule has 0 bridgehead atoms. The van der Waals surface area contributed by atoms with Crippen molar-refractivity contribution in [3.05, 3.63) is 77.2 Å². The number of nitriles is 1. The van der Waals surface area contributed by atoms with Gasteiger partial charge in [0.1, 0.15) is 34.7 Å². The molecule has 27 heavy (non-hydrogen) atoms. The minimum Gasteiger partial charge on any atom is -0.335 e. The maximum absolute atomic E-state index is 13.8. The smallest absolute Gasteiger partial charge is 0.274 e. The summed E-state index contributed by atoms with van der Waals surface area (Å²) < 4.78 is 27.6. The van der Waals surface area contributed by atoms with Crippen molar-refractivity contribution in [1.29, 1.82) is 5.26 Å². The van der Waals surface area contributed by atoms with Gasteiger partial charge in [0, 0.05) is 11.8 Å². The Morgan fingerprint density at radius 2 is 1.78 bits per heavy atom. The lowest BCUT2D eigenvalue weighted by Crippen LogP contribution is -2.15. The average molecular weight is 365 g/mol. The number of aromatic nitrogens is 2. The fraction of sp³-hybridized carbons (Fsp3) is 0.0526. The number of carbonyl (C=O) groups excluding carboxylic acids is 1. The highest BCUT2D eigenvalue weighted by atomic mass is 19.1. The molecule has 8 heteroatoms. The molecule has 6 nitrogen and oxygen atoms in total. The van der Waals surface area contributed by atoms with E-state index in [2.05, 4.69) is 20.6 Å². The van der Waals surface area contributed by atoms with Gasteiger partial charge in [0.05, 0.1) is 11.6 Å². The summed E-state index contributed by atoms with van der Waals surface area (Å²) in [6.45, 7) is 1.55. The van der Waals surface area contributed by atoms with Crippen LogP contribution in [0.2, 0.25) is 0 Å². The lowest BCUT2D eigenvalue weighted by atomic mass is 10.2. The first-order chi connectivity index (χ1) is 13.0. The first-order valence-corrected chi connectivity index (χ1v) is 7.84. The van der Waals surface area contributed by atoms with Gasteiger partial charge in [0.25, 0.3) is 5.91 Å². The zero-order chi connectivity index (χ0) is 19.4. The zero-order valence-electron chi connectivity index (χ0n) is 14.1. The molecule has 1 aromatic heterocycles. The Balaban J connectivity index is 1.86. The van der Waals surface area contributed by atoms with Crippen LogP contribution in [0.3, 0.4) is 0 Å². The van der Waals surface area contributed by atoms with Crippen LogP contribution in [-0.2, 0) is 0 Å².